The van der Waals surface area contributed by atoms with Gasteiger partial charge in [-0.05, 0) is 7.05 Å². The first-order valence-corrected chi connectivity index (χ1v) is 3.40. The van der Waals surface area contributed by atoms with Crippen LogP contribution in [-0.2, 0) is 14.3 Å². The molecular weight excluding hydrogens is 162 g/mol. The van der Waals surface area contributed by atoms with Gasteiger partial charge in [0.2, 0.25) is 5.91 Å². The second-order valence-electron chi connectivity index (χ2n) is 2.14. The number of hydrogen-bond donors (Lipinski definition) is 3. The molecule has 0 aromatic carbocycles. The molecule has 6 heteroatoms. The Morgan fingerprint density at radius 1 is 1.58 bits per heavy atom. The van der Waals surface area contributed by atoms with Crippen molar-refractivity contribution in [3.8, 4) is 0 Å². The lowest BCUT2D eigenvalue weighted by molar-refractivity contribution is -0.144. The highest BCUT2D eigenvalue weighted by Crippen LogP contribution is 1.92. The minimum absolute atomic E-state index is 0.0898. The Kier molecular flexibility index (Phi) is 4.98. The van der Waals surface area contributed by atoms with Crippen LogP contribution in [0, 0.1) is 0 Å². The van der Waals surface area contributed by atoms with E-state index >= 15 is 0 Å². The van der Waals surface area contributed by atoms with E-state index in [4.69, 9.17) is 5.73 Å². The fraction of sp³-hybridized carbons (Fsp3) is 0.667. The van der Waals surface area contributed by atoms with Gasteiger partial charge in [-0.15, -0.1) is 0 Å². The van der Waals surface area contributed by atoms with Crippen molar-refractivity contribution in [3.63, 3.8) is 0 Å². The van der Waals surface area contributed by atoms with Crippen molar-refractivity contribution in [2.24, 2.45) is 5.73 Å². The van der Waals surface area contributed by atoms with E-state index in [0.717, 1.165) is 0 Å². The minimum Gasteiger partial charge on any atom is -0.468 e. The third-order valence-electron chi connectivity index (χ3n) is 1.21. The molecule has 0 aliphatic carbocycles. The normalized spacial score (nSPS) is 12.2. The maximum absolute atomic E-state index is 10.9. The lowest BCUT2D eigenvalue weighted by Gasteiger charge is -2.13. The zero-order valence-electron chi connectivity index (χ0n) is 7.09. The molecule has 0 rings (SSSR count). The Bertz CT molecular complexity index is 171. The number of carbonyl (C=O) groups is 2. The Balaban J connectivity index is 4.02. The zero-order chi connectivity index (χ0) is 9.56. The van der Waals surface area contributed by atoms with Crippen LogP contribution in [-0.4, -0.2) is 32.1 Å². The van der Waals surface area contributed by atoms with Crippen molar-refractivity contribution in [1.82, 2.24) is 10.9 Å². The molecule has 6 nitrogen and oxygen atoms in total. The molecule has 0 heterocycles. The van der Waals surface area contributed by atoms with Crippen LogP contribution in [0.1, 0.15) is 6.42 Å². The first-order valence-electron chi connectivity index (χ1n) is 3.40. The van der Waals surface area contributed by atoms with Crippen LogP contribution in [0.5, 0.6) is 0 Å². The Hall–Kier alpha value is -1.14. The number of hydrazine groups is 1. The van der Waals surface area contributed by atoms with Crippen molar-refractivity contribution in [1.29, 1.82) is 0 Å². The summed E-state index contributed by atoms with van der Waals surface area (Å²) in [6.07, 6.45) is -0.0898. The van der Waals surface area contributed by atoms with Crippen LogP contribution in [0.3, 0.4) is 0 Å². The van der Waals surface area contributed by atoms with Crippen LogP contribution in [0.2, 0.25) is 0 Å². The van der Waals surface area contributed by atoms with Gasteiger partial charge in [0.1, 0.15) is 6.04 Å². The second-order valence-corrected chi connectivity index (χ2v) is 2.14. The summed E-state index contributed by atoms with van der Waals surface area (Å²) in [6, 6.07) is -0.725. The number of hydrogen-bond acceptors (Lipinski definition) is 5. The fourth-order valence-electron chi connectivity index (χ4n) is 0.711. The summed E-state index contributed by atoms with van der Waals surface area (Å²) < 4.78 is 4.42. The van der Waals surface area contributed by atoms with E-state index in [2.05, 4.69) is 15.6 Å². The molecule has 0 bridgehead atoms. The molecule has 0 unspecified atom stereocenters. The molecule has 0 spiro atoms. The predicted molar refractivity (Wildman–Crippen MR) is 41.8 cm³/mol. The molecule has 12 heavy (non-hydrogen) atoms. The van der Waals surface area contributed by atoms with Crippen molar-refractivity contribution < 1.29 is 14.3 Å². The number of primary amides is 1. The van der Waals surface area contributed by atoms with Crippen LogP contribution in [0.15, 0.2) is 0 Å². The van der Waals surface area contributed by atoms with E-state index < -0.39 is 17.9 Å². The summed E-state index contributed by atoms with van der Waals surface area (Å²) in [7, 11) is 2.82. The molecule has 0 aromatic heterocycles. The van der Waals surface area contributed by atoms with Gasteiger partial charge < -0.3 is 10.5 Å². The summed E-state index contributed by atoms with van der Waals surface area (Å²) in [5.74, 6) is -1.09. The van der Waals surface area contributed by atoms with E-state index in [1.54, 1.807) is 7.05 Å². The number of amides is 1. The molecule has 1 atom stereocenters. The van der Waals surface area contributed by atoms with Crippen LogP contribution >= 0.6 is 0 Å². The number of methoxy groups -OCH3 is 1. The van der Waals surface area contributed by atoms with Crippen LogP contribution in [0.4, 0.5) is 0 Å². The number of esters is 1. The van der Waals surface area contributed by atoms with Crippen molar-refractivity contribution >= 4 is 11.9 Å². The van der Waals surface area contributed by atoms with Gasteiger partial charge >= 0.3 is 5.97 Å². The monoisotopic (exact) mass is 175 g/mol. The van der Waals surface area contributed by atoms with E-state index in [0.29, 0.717) is 0 Å². The summed E-state index contributed by atoms with van der Waals surface area (Å²) in [5.41, 5.74) is 9.97. The molecule has 0 aliphatic rings. The molecular formula is C6H13N3O3. The quantitative estimate of drug-likeness (QED) is 0.336. The highest BCUT2D eigenvalue weighted by atomic mass is 16.5. The molecule has 0 fully saturated rings. The first kappa shape index (κ1) is 10.9. The molecule has 0 saturated carbocycles. The van der Waals surface area contributed by atoms with Gasteiger partial charge in [0.25, 0.3) is 0 Å². The lowest BCUT2D eigenvalue weighted by atomic mass is 10.2. The highest BCUT2D eigenvalue weighted by molar-refractivity contribution is 5.84. The largest absolute Gasteiger partial charge is 0.468 e. The summed E-state index contributed by atoms with van der Waals surface area (Å²) >= 11 is 0. The number of ether oxygens (including phenoxy) is 1. The highest BCUT2D eigenvalue weighted by Gasteiger charge is 2.19. The molecule has 0 saturated heterocycles. The summed E-state index contributed by atoms with van der Waals surface area (Å²) in [5, 5.41) is 0. The number of carbonyl (C=O) groups excluding carboxylic acids is 2. The standard InChI is InChI=1S/C6H13N3O3/c1-8-9-4(3-5(7)10)6(11)12-2/h4,8-9H,3H2,1-2H3,(H2,7,10)/t4-/m0/s1. The van der Waals surface area contributed by atoms with Gasteiger partial charge in [0.15, 0.2) is 0 Å². The van der Waals surface area contributed by atoms with Crippen molar-refractivity contribution in [2.45, 2.75) is 12.5 Å². The molecule has 0 aliphatic heterocycles. The van der Waals surface area contributed by atoms with Gasteiger partial charge in [0.05, 0.1) is 13.5 Å². The second kappa shape index (κ2) is 5.50. The van der Waals surface area contributed by atoms with E-state index in [1.807, 2.05) is 0 Å². The number of rotatable bonds is 5. The maximum atomic E-state index is 10.9. The molecule has 0 radical (unpaired) electrons. The van der Waals surface area contributed by atoms with Gasteiger partial charge in [0, 0.05) is 0 Å². The third kappa shape index (κ3) is 3.89. The Morgan fingerprint density at radius 3 is 2.50 bits per heavy atom. The van der Waals surface area contributed by atoms with E-state index in [9.17, 15) is 9.59 Å². The average Bonchev–Trinajstić information content (AvgIpc) is 2.01. The fourth-order valence-corrected chi connectivity index (χ4v) is 0.711. The summed E-state index contributed by atoms with van der Waals surface area (Å²) in [4.78, 5) is 21.4. The zero-order valence-corrected chi connectivity index (χ0v) is 7.09. The Labute approximate surface area is 70.4 Å². The van der Waals surface area contributed by atoms with Gasteiger partial charge in [-0.2, -0.15) is 0 Å². The predicted octanol–water partition coefficient (Wildman–Crippen LogP) is -1.87. The average molecular weight is 175 g/mol. The smallest absolute Gasteiger partial charge is 0.324 e. The third-order valence-corrected chi connectivity index (χ3v) is 1.21. The van der Waals surface area contributed by atoms with Gasteiger partial charge in [-0.1, -0.05) is 0 Å². The lowest BCUT2D eigenvalue weighted by Crippen LogP contribution is -2.46. The SMILES string of the molecule is CNN[C@@H](CC(N)=O)C(=O)OC. The molecule has 1 amide bonds. The maximum Gasteiger partial charge on any atom is 0.324 e. The molecule has 4 N–H and O–H groups in total. The molecule has 0 aromatic rings. The van der Waals surface area contributed by atoms with Gasteiger partial charge in [-0.3, -0.25) is 15.0 Å². The van der Waals surface area contributed by atoms with Crippen LogP contribution in [0.25, 0.3) is 0 Å². The van der Waals surface area contributed by atoms with Crippen LogP contribution < -0.4 is 16.6 Å². The minimum atomic E-state index is -0.725. The number of nitrogens with one attached hydrogen (secondary N) is 2. The topological polar surface area (TPSA) is 93.5 Å². The first-order chi connectivity index (χ1) is 5.61. The summed E-state index contributed by atoms with van der Waals surface area (Å²) in [6.45, 7) is 0. The van der Waals surface area contributed by atoms with E-state index in [1.165, 1.54) is 7.11 Å². The van der Waals surface area contributed by atoms with Crippen molar-refractivity contribution in [3.05, 3.63) is 0 Å². The number of nitrogens with two attached hydrogens (primary N) is 1. The molecule has 70 valence electrons. The Morgan fingerprint density at radius 2 is 2.17 bits per heavy atom. The van der Waals surface area contributed by atoms with E-state index in [-0.39, 0.29) is 6.42 Å². The van der Waals surface area contributed by atoms with Gasteiger partial charge in [-0.25, -0.2) is 5.43 Å². The van der Waals surface area contributed by atoms with Crippen molar-refractivity contribution in [2.75, 3.05) is 14.2 Å².